The van der Waals surface area contributed by atoms with Gasteiger partial charge in [0.05, 0.1) is 11.4 Å². The molecule has 1 aromatic carbocycles. The molecule has 2 aliphatic rings. The summed E-state index contributed by atoms with van der Waals surface area (Å²) in [6.07, 6.45) is 4.11. The third-order valence-electron chi connectivity index (χ3n) is 7.29. The van der Waals surface area contributed by atoms with Crippen molar-refractivity contribution in [2.45, 2.75) is 65.1 Å². The molecule has 0 aliphatic carbocycles. The molecule has 9 heteroatoms. The van der Waals surface area contributed by atoms with E-state index in [9.17, 15) is 9.90 Å². The van der Waals surface area contributed by atoms with Gasteiger partial charge in [-0.25, -0.2) is 9.97 Å². The van der Waals surface area contributed by atoms with Crippen LogP contribution in [-0.2, 0) is 17.8 Å². The van der Waals surface area contributed by atoms with Gasteiger partial charge < -0.3 is 20.1 Å². The molecular weight excluding hydrogens is 468 g/mol. The molecule has 9 nitrogen and oxygen atoms in total. The summed E-state index contributed by atoms with van der Waals surface area (Å²) in [5.41, 5.74) is 6.47. The minimum absolute atomic E-state index is 0.0458. The number of anilines is 2. The van der Waals surface area contributed by atoms with Gasteiger partial charge in [-0.05, 0) is 69.0 Å². The minimum atomic E-state index is -1.15. The van der Waals surface area contributed by atoms with Crippen LogP contribution in [0.3, 0.4) is 0 Å². The van der Waals surface area contributed by atoms with Crippen LogP contribution in [-0.4, -0.2) is 61.5 Å². The maximum absolute atomic E-state index is 13.2. The Morgan fingerprint density at radius 1 is 1.16 bits per heavy atom. The van der Waals surface area contributed by atoms with Crippen LogP contribution >= 0.6 is 0 Å². The van der Waals surface area contributed by atoms with Crippen LogP contribution < -0.4 is 5.32 Å². The lowest BCUT2D eigenvalue weighted by atomic mass is 9.96. The average Bonchev–Trinajstić information content (AvgIpc) is 3.31. The Balaban J connectivity index is 1.21. The van der Waals surface area contributed by atoms with Crippen LogP contribution in [0.25, 0.3) is 0 Å². The largest absolute Gasteiger partial charge is 0.363 e. The fourth-order valence-corrected chi connectivity index (χ4v) is 5.46. The number of nitrogens with zero attached hydrogens (tertiary/aromatic N) is 5. The van der Waals surface area contributed by atoms with Gasteiger partial charge in [0, 0.05) is 68.0 Å². The standard InChI is InChI=1S/C28H34N6O3/c1-17-9-18(2)11-22(10-17)31-28-30-14-21-15-33(16-25(21)32-28)23-6-8-34(19(3)12-23)26(35)20-5-7-29-24(13-20)27(36)37-4/h5,7,9-11,13-14,19,23,27,36H,6,8,12,15-16H2,1-4H3,(H,30,31,32)/t19-,23-,27?/m1/s1. The van der Waals surface area contributed by atoms with Crippen molar-refractivity contribution < 1.29 is 14.6 Å². The zero-order chi connectivity index (χ0) is 26.1. The van der Waals surface area contributed by atoms with Crippen molar-refractivity contribution in [1.82, 2.24) is 24.8 Å². The molecule has 1 saturated heterocycles. The number of piperidine rings is 1. The van der Waals surface area contributed by atoms with Crippen molar-refractivity contribution in [3.63, 3.8) is 0 Å². The summed E-state index contributed by atoms with van der Waals surface area (Å²) >= 11 is 0. The molecule has 2 N–H and O–H groups in total. The number of aromatic nitrogens is 3. The summed E-state index contributed by atoms with van der Waals surface area (Å²) in [5.74, 6) is 0.574. The fourth-order valence-electron chi connectivity index (χ4n) is 5.46. The average molecular weight is 503 g/mol. The normalized spacial score (nSPS) is 20.5. The van der Waals surface area contributed by atoms with E-state index in [-0.39, 0.29) is 11.9 Å². The van der Waals surface area contributed by atoms with Crippen molar-refractivity contribution >= 4 is 17.5 Å². The van der Waals surface area contributed by atoms with E-state index >= 15 is 0 Å². The third kappa shape index (κ3) is 5.49. The lowest BCUT2D eigenvalue weighted by Gasteiger charge is -2.41. The molecule has 1 amide bonds. The van der Waals surface area contributed by atoms with E-state index in [2.05, 4.69) is 59.2 Å². The van der Waals surface area contributed by atoms with Gasteiger partial charge in [-0.15, -0.1) is 0 Å². The number of aliphatic hydroxyl groups is 1. The first kappa shape index (κ1) is 25.3. The predicted molar refractivity (Wildman–Crippen MR) is 140 cm³/mol. The number of amides is 1. The molecule has 37 heavy (non-hydrogen) atoms. The topological polar surface area (TPSA) is 104 Å². The van der Waals surface area contributed by atoms with Crippen molar-refractivity contribution in [1.29, 1.82) is 0 Å². The van der Waals surface area contributed by atoms with Crippen molar-refractivity contribution in [3.05, 3.63) is 76.4 Å². The molecule has 0 spiro atoms. The Labute approximate surface area is 217 Å². The number of hydrogen-bond donors (Lipinski definition) is 2. The van der Waals surface area contributed by atoms with Crippen LogP contribution in [0, 0.1) is 13.8 Å². The van der Waals surface area contributed by atoms with E-state index in [1.54, 1.807) is 12.1 Å². The highest BCUT2D eigenvalue weighted by Crippen LogP contribution is 2.31. The highest BCUT2D eigenvalue weighted by atomic mass is 16.6. The molecule has 2 aromatic heterocycles. The number of methoxy groups -OCH3 is 1. The molecular formula is C28H34N6O3. The maximum atomic E-state index is 13.2. The molecule has 4 heterocycles. The lowest BCUT2D eigenvalue weighted by molar-refractivity contribution is -0.0799. The summed E-state index contributed by atoms with van der Waals surface area (Å²) < 4.78 is 4.93. The van der Waals surface area contributed by atoms with Crippen LogP contribution in [0.5, 0.6) is 0 Å². The van der Waals surface area contributed by atoms with Gasteiger partial charge in [-0.3, -0.25) is 14.7 Å². The van der Waals surface area contributed by atoms with Crippen molar-refractivity contribution in [2.24, 2.45) is 0 Å². The van der Waals surface area contributed by atoms with Gasteiger partial charge in [0.25, 0.3) is 5.91 Å². The number of fused-ring (bicyclic) bond motifs is 1. The molecule has 0 radical (unpaired) electrons. The van der Waals surface area contributed by atoms with E-state index in [0.717, 1.165) is 42.9 Å². The highest BCUT2D eigenvalue weighted by molar-refractivity contribution is 5.94. The Morgan fingerprint density at radius 3 is 2.68 bits per heavy atom. The number of likely N-dealkylation sites (tertiary alicyclic amines) is 1. The zero-order valence-electron chi connectivity index (χ0n) is 21.8. The molecule has 0 saturated carbocycles. The number of aliphatic hydroxyl groups excluding tert-OH is 1. The van der Waals surface area contributed by atoms with E-state index in [0.29, 0.717) is 29.8 Å². The number of carbonyl (C=O) groups is 1. The van der Waals surface area contributed by atoms with Crippen LogP contribution in [0.2, 0.25) is 0 Å². The predicted octanol–water partition coefficient (Wildman–Crippen LogP) is 3.88. The second kappa shape index (κ2) is 10.5. The molecule has 1 unspecified atom stereocenters. The number of hydrogen-bond acceptors (Lipinski definition) is 8. The quantitative estimate of drug-likeness (QED) is 0.490. The number of carbonyl (C=O) groups excluding carboxylic acids is 1. The van der Waals surface area contributed by atoms with Crippen molar-refractivity contribution in [3.8, 4) is 0 Å². The number of benzene rings is 1. The molecule has 5 rings (SSSR count). The molecule has 194 valence electrons. The number of nitrogens with one attached hydrogen (secondary N) is 1. The number of aryl methyl sites for hydroxylation is 2. The molecule has 0 bridgehead atoms. The van der Waals surface area contributed by atoms with Crippen LogP contribution in [0.1, 0.15) is 64.5 Å². The first-order valence-electron chi connectivity index (χ1n) is 12.7. The summed E-state index contributed by atoms with van der Waals surface area (Å²) in [5, 5.41) is 13.3. The van der Waals surface area contributed by atoms with Gasteiger partial charge in [0.2, 0.25) is 5.95 Å². The Morgan fingerprint density at radius 2 is 1.95 bits per heavy atom. The second-order valence-corrected chi connectivity index (χ2v) is 10.2. The number of ether oxygens (including phenoxy) is 1. The zero-order valence-corrected chi connectivity index (χ0v) is 21.8. The van der Waals surface area contributed by atoms with Gasteiger partial charge in [0.1, 0.15) is 0 Å². The molecule has 3 atom stereocenters. The summed E-state index contributed by atoms with van der Waals surface area (Å²) in [7, 11) is 1.40. The van der Waals surface area contributed by atoms with Gasteiger partial charge in [-0.1, -0.05) is 6.07 Å². The van der Waals surface area contributed by atoms with E-state index in [1.807, 2.05) is 11.1 Å². The molecule has 1 fully saturated rings. The maximum Gasteiger partial charge on any atom is 0.254 e. The Kier molecular flexibility index (Phi) is 7.19. The summed E-state index contributed by atoms with van der Waals surface area (Å²) in [4.78, 5) is 31.1. The Bertz CT molecular complexity index is 1280. The highest BCUT2D eigenvalue weighted by Gasteiger charge is 2.35. The van der Waals surface area contributed by atoms with Gasteiger partial charge in [0.15, 0.2) is 6.29 Å². The van der Waals surface area contributed by atoms with Crippen molar-refractivity contribution in [2.75, 3.05) is 19.0 Å². The number of pyridine rings is 1. The monoisotopic (exact) mass is 502 g/mol. The minimum Gasteiger partial charge on any atom is -0.363 e. The second-order valence-electron chi connectivity index (χ2n) is 10.2. The first-order chi connectivity index (χ1) is 17.8. The van der Waals surface area contributed by atoms with Gasteiger partial charge in [-0.2, -0.15) is 0 Å². The van der Waals surface area contributed by atoms with E-state index < -0.39 is 6.29 Å². The summed E-state index contributed by atoms with van der Waals surface area (Å²) in [6.45, 7) is 8.55. The SMILES string of the molecule is COC(O)c1cc(C(=O)N2CC[C@@H](N3Cc4cnc(Nc5cc(C)cc(C)c5)nc4C3)C[C@H]2C)ccn1. The van der Waals surface area contributed by atoms with Gasteiger partial charge >= 0.3 is 0 Å². The van der Waals surface area contributed by atoms with E-state index in [1.165, 1.54) is 24.4 Å². The van der Waals surface area contributed by atoms with Crippen LogP contribution in [0.15, 0.2) is 42.7 Å². The van der Waals surface area contributed by atoms with E-state index in [4.69, 9.17) is 9.72 Å². The third-order valence-corrected chi connectivity index (χ3v) is 7.29. The van der Waals surface area contributed by atoms with Crippen LogP contribution in [0.4, 0.5) is 11.6 Å². The Hall–Kier alpha value is -3.40. The lowest BCUT2D eigenvalue weighted by Crippen LogP contribution is -2.50. The molecule has 2 aliphatic heterocycles. The fraction of sp³-hybridized carbons (Fsp3) is 0.429. The smallest absolute Gasteiger partial charge is 0.254 e. The summed E-state index contributed by atoms with van der Waals surface area (Å²) in [6, 6.07) is 10.1. The number of rotatable bonds is 6. The first-order valence-corrected chi connectivity index (χ1v) is 12.7. The molecule has 3 aromatic rings.